The number of methoxy groups -OCH3 is 1. The third-order valence-corrected chi connectivity index (χ3v) is 4.66. The summed E-state index contributed by atoms with van der Waals surface area (Å²) in [7, 11) is 1.53. The Labute approximate surface area is 160 Å². The molecular weight excluding hydrogens is 342 g/mol. The van der Waals surface area contributed by atoms with Gasteiger partial charge in [-0.1, -0.05) is 39.0 Å². The lowest BCUT2D eigenvalue weighted by Gasteiger charge is -2.32. The molecule has 0 fully saturated rings. The van der Waals surface area contributed by atoms with E-state index in [2.05, 4.69) is 20.8 Å². The van der Waals surface area contributed by atoms with Crippen molar-refractivity contribution in [3.63, 3.8) is 0 Å². The fourth-order valence-electron chi connectivity index (χ4n) is 2.99. The zero-order chi connectivity index (χ0) is 20.2. The average Bonchev–Trinajstić information content (AvgIpc) is 2.61. The first-order valence-corrected chi connectivity index (χ1v) is 8.82. The molecule has 2 aromatic rings. The molecule has 2 N–H and O–H groups in total. The van der Waals surface area contributed by atoms with Crippen molar-refractivity contribution in [3.8, 4) is 11.5 Å². The van der Waals surface area contributed by atoms with E-state index in [1.807, 2.05) is 25.1 Å². The van der Waals surface area contributed by atoms with Crippen LogP contribution >= 0.6 is 0 Å². The molecule has 2 aromatic carbocycles. The minimum Gasteiger partial charge on any atom is -0.497 e. The van der Waals surface area contributed by atoms with E-state index in [-0.39, 0.29) is 11.8 Å². The summed E-state index contributed by atoms with van der Waals surface area (Å²) in [5.74, 6) is 0.288. The number of aldehydes is 1. The number of aryl methyl sites for hydroxylation is 1. The lowest BCUT2D eigenvalue weighted by atomic mass is 9.86. The van der Waals surface area contributed by atoms with Crippen molar-refractivity contribution in [1.29, 1.82) is 0 Å². The largest absolute Gasteiger partial charge is 0.497 e. The van der Waals surface area contributed by atoms with E-state index in [4.69, 9.17) is 15.2 Å². The highest BCUT2D eigenvalue weighted by atomic mass is 16.5. The first-order valence-electron chi connectivity index (χ1n) is 8.82. The predicted molar refractivity (Wildman–Crippen MR) is 105 cm³/mol. The van der Waals surface area contributed by atoms with Crippen LogP contribution < -0.4 is 15.2 Å². The van der Waals surface area contributed by atoms with E-state index >= 15 is 0 Å². The second-order valence-electron chi connectivity index (χ2n) is 7.62. The van der Waals surface area contributed by atoms with Crippen LogP contribution in [0.1, 0.15) is 43.9 Å². The Morgan fingerprint density at radius 3 is 2.15 bits per heavy atom. The predicted octanol–water partition coefficient (Wildman–Crippen LogP) is 3.65. The van der Waals surface area contributed by atoms with E-state index in [0.29, 0.717) is 23.3 Å². The van der Waals surface area contributed by atoms with Crippen LogP contribution in [0.4, 0.5) is 0 Å². The number of nitrogens with two attached hydrogens (primary N) is 1. The van der Waals surface area contributed by atoms with Gasteiger partial charge in [-0.15, -0.1) is 0 Å². The molecular formula is C22H27NO4. The van der Waals surface area contributed by atoms with Crippen molar-refractivity contribution in [1.82, 2.24) is 0 Å². The average molecular weight is 369 g/mol. The number of hydrogen-bond acceptors (Lipinski definition) is 4. The van der Waals surface area contributed by atoms with Crippen LogP contribution in [0.3, 0.4) is 0 Å². The molecule has 2 rings (SSSR count). The Hall–Kier alpha value is -2.82. The maximum Gasteiger partial charge on any atom is 0.266 e. The minimum atomic E-state index is -1.61. The molecule has 144 valence electrons. The molecule has 0 aliphatic rings. The molecule has 0 bridgehead atoms. The van der Waals surface area contributed by atoms with E-state index in [1.165, 1.54) is 7.11 Å². The Bertz CT molecular complexity index is 821. The Kier molecular flexibility index (Phi) is 5.94. The summed E-state index contributed by atoms with van der Waals surface area (Å²) < 4.78 is 11.3. The number of benzene rings is 2. The van der Waals surface area contributed by atoms with Crippen molar-refractivity contribution in [2.45, 2.75) is 45.1 Å². The molecule has 0 aromatic heterocycles. The van der Waals surface area contributed by atoms with Gasteiger partial charge in [0, 0.05) is 5.56 Å². The molecule has 0 saturated carbocycles. The molecule has 1 atom stereocenters. The van der Waals surface area contributed by atoms with Gasteiger partial charge in [0.15, 0.2) is 0 Å². The van der Waals surface area contributed by atoms with Gasteiger partial charge in [0.1, 0.15) is 17.8 Å². The van der Waals surface area contributed by atoms with Gasteiger partial charge in [-0.2, -0.15) is 0 Å². The second kappa shape index (κ2) is 7.82. The quantitative estimate of drug-likeness (QED) is 0.756. The molecule has 5 nitrogen and oxygen atoms in total. The number of carbonyl (C=O) groups is 2. The van der Waals surface area contributed by atoms with Crippen LogP contribution in [0.2, 0.25) is 0 Å². The van der Waals surface area contributed by atoms with Gasteiger partial charge in [0.05, 0.1) is 13.5 Å². The van der Waals surface area contributed by atoms with Gasteiger partial charge in [0.2, 0.25) is 5.60 Å². The van der Waals surface area contributed by atoms with Crippen molar-refractivity contribution in [2.24, 2.45) is 5.73 Å². The number of primary amides is 1. The van der Waals surface area contributed by atoms with Crippen LogP contribution in [0.25, 0.3) is 0 Å². The van der Waals surface area contributed by atoms with E-state index in [1.54, 1.807) is 24.3 Å². The fourth-order valence-corrected chi connectivity index (χ4v) is 2.99. The van der Waals surface area contributed by atoms with Crippen molar-refractivity contribution >= 4 is 12.2 Å². The zero-order valence-corrected chi connectivity index (χ0v) is 16.5. The third kappa shape index (κ3) is 4.30. The van der Waals surface area contributed by atoms with Gasteiger partial charge < -0.3 is 20.0 Å². The summed E-state index contributed by atoms with van der Waals surface area (Å²) in [6.45, 7) is 8.18. The Balaban J connectivity index is 2.55. The third-order valence-electron chi connectivity index (χ3n) is 4.66. The van der Waals surface area contributed by atoms with Crippen LogP contribution in [0.15, 0.2) is 42.5 Å². The van der Waals surface area contributed by atoms with E-state index in [9.17, 15) is 9.59 Å². The summed E-state index contributed by atoms with van der Waals surface area (Å²) in [6.07, 6.45) is 0.449. The molecule has 0 radical (unpaired) electrons. The number of carbonyl (C=O) groups excluding carboxylic acids is 2. The SMILES string of the molecule is COc1ccc(C)c(C(CC=O)(Oc2ccc(C(C)(C)C)cc2)C(N)=O)c1. The van der Waals surface area contributed by atoms with Gasteiger partial charge in [-0.25, -0.2) is 0 Å². The van der Waals surface area contributed by atoms with Crippen molar-refractivity contribution < 1.29 is 19.1 Å². The smallest absolute Gasteiger partial charge is 0.266 e. The molecule has 1 amide bonds. The number of rotatable bonds is 7. The highest BCUT2D eigenvalue weighted by Gasteiger charge is 2.42. The summed E-state index contributed by atoms with van der Waals surface area (Å²) in [6, 6.07) is 12.7. The van der Waals surface area contributed by atoms with Crippen molar-refractivity contribution in [2.75, 3.05) is 7.11 Å². The summed E-state index contributed by atoms with van der Waals surface area (Å²) >= 11 is 0. The summed E-state index contributed by atoms with van der Waals surface area (Å²) in [5.41, 5.74) is 6.54. The molecule has 0 aliphatic heterocycles. The van der Waals surface area contributed by atoms with Crippen LogP contribution in [0.5, 0.6) is 11.5 Å². The Morgan fingerprint density at radius 2 is 1.67 bits per heavy atom. The minimum absolute atomic E-state index is 0.00845. The van der Waals surface area contributed by atoms with Gasteiger partial charge in [0.25, 0.3) is 5.91 Å². The molecule has 27 heavy (non-hydrogen) atoms. The highest BCUT2D eigenvalue weighted by Crippen LogP contribution is 2.36. The summed E-state index contributed by atoms with van der Waals surface area (Å²) in [4.78, 5) is 23.9. The number of hydrogen-bond donors (Lipinski definition) is 1. The topological polar surface area (TPSA) is 78.6 Å². The van der Waals surface area contributed by atoms with Crippen LogP contribution in [-0.2, 0) is 20.6 Å². The fraction of sp³-hybridized carbons (Fsp3) is 0.364. The molecule has 0 aliphatic carbocycles. The van der Waals surface area contributed by atoms with Gasteiger partial charge in [-0.05, 0) is 47.7 Å². The maximum absolute atomic E-state index is 12.5. The van der Waals surface area contributed by atoms with Gasteiger partial charge in [-0.3, -0.25) is 4.79 Å². The lowest BCUT2D eigenvalue weighted by molar-refractivity contribution is -0.137. The van der Waals surface area contributed by atoms with E-state index < -0.39 is 11.5 Å². The highest BCUT2D eigenvalue weighted by molar-refractivity contribution is 5.88. The second-order valence-corrected chi connectivity index (χ2v) is 7.62. The molecule has 1 unspecified atom stereocenters. The molecule has 0 spiro atoms. The van der Waals surface area contributed by atoms with Crippen LogP contribution in [-0.4, -0.2) is 19.3 Å². The van der Waals surface area contributed by atoms with Crippen LogP contribution in [0, 0.1) is 6.92 Å². The lowest BCUT2D eigenvalue weighted by Crippen LogP contribution is -2.47. The Morgan fingerprint density at radius 1 is 1.07 bits per heavy atom. The zero-order valence-electron chi connectivity index (χ0n) is 16.5. The number of amides is 1. The molecule has 0 saturated heterocycles. The van der Waals surface area contributed by atoms with Crippen molar-refractivity contribution in [3.05, 3.63) is 59.2 Å². The first-order chi connectivity index (χ1) is 12.6. The normalized spacial score (nSPS) is 13.5. The molecule has 0 heterocycles. The maximum atomic E-state index is 12.5. The first kappa shape index (κ1) is 20.5. The van der Waals surface area contributed by atoms with Gasteiger partial charge >= 0.3 is 0 Å². The number of ether oxygens (including phenoxy) is 2. The molecule has 5 heteroatoms. The summed E-state index contributed by atoms with van der Waals surface area (Å²) in [5, 5.41) is 0. The standard InChI is InChI=1S/C22H27NO4/c1-15-6-9-18(26-5)14-19(15)22(12-13-24,20(23)25)27-17-10-7-16(8-11-17)21(2,3)4/h6-11,13-14H,12H2,1-5H3,(H2,23,25). The monoisotopic (exact) mass is 369 g/mol. The van der Waals surface area contributed by atoms with E-state index in [0.717, 1.165) is 11.1 Å².